The van der Waals surface area contributed by atoms with Crippen molar-refractivity contribution in [3.63, 3.8) is 0 Å². The summed E-state index contributed by atoms with van der Waals surface area (Å²) in [7, 11) is 0. The van der Waals surface area contributed by atoms with Gasteiger partial charge < -0.3 is 0 Å². The first kappa shape index (κ1) is 12.1. The minimum atomic E-state index is -0.316. The largest absolute Gasteiger partial charge is 0.302 e. The maximum atomic E-state index is 11.6. The minimum absolute atomic E-state index is 0.316. The second kappa shape index (κ2) is 5.77. The molecule has 1 aromatic carbocycles. The van der Waals surface area contributed by atoms with Crippen LogP contribution in [0.3, 0.4) is 0 Å². The number of hydrogen-bond acceptors (Lipinski definition) is 1. The molecule has 0 bridgehead atoms. The molecule has 0 spiro atoms. The number of rotatable bonds is 3. The number of terminal acetylenes is 1. The van der Waals surface area contributed by atoms with Crippen molar-refractivity contribution in [3.05, 3.63) is 42.0 Å². The van der Waals surface area contributed by atoms with Crippen LogP contribution in [0.25, 0.3) is 0 Å². The third-order valence-corrected chi connectivity index (χ3v) is 2.12. The zero-order chi connectivity index (χ0) is 12.0. The Morgan fingerprint density at radius 3 is 2.50 bits per heavy atom. The first-order valence-corrected chi connectivity index (χ1v) is 5.11. The van der Waals surface area contributed by atoms with E-state index in [4.69, 9.17) is 6.42 Å². The second-order valence-electron chi connectivity index (χ2n) is 3.68. The van der Waals surface area contributed by atoms with Gasteiger partial charge in [0, 0.05) is 12.2 Å². The molecule has 0 radical (unpaired) electrons. The van der Waals surface area contributed by atoms with Crippen LogP contribution in [-0.2, 0) is 4.79 Å². The van der Waals surface area contributed by atoms with Crippen molar-refractivity contribution in [2.45, 2.75) is 13.8 Å². The van der Waals surface area contributed by atoms with Crippen molar-refractivity contribution >= 4 is 11.6 Å². The molecule has 0 fully saturated rings. The number of carbonyl (C=O) groups is 1. The summed E-state index contributed by atoms with van der Waals surface area (Å²) in [6.45, 7) is 4.49. The van der Waals surface area contributed by atoms with Gasteiger partial charge in [-0.15, -0.1) is 6.42 Å². The molecule has 0 N–H and O–H groups in total. The summed E-state index contributed by atoms with van der Waals surface area (Å²) in [6, 6.07) is 9.41. The van der Waals surface area contributed by atoms with E-state index in [0.29, 0.717) is 6.54 Å². The highest BCUT2D eigenvalue weighted by Gasteiger charge is 2.10. The summed E-state index contributed by atoms with van der Waals surface area (Å²) in [4.78, 5) is 13.2. The molecular weight excluding hydrogens is 198 g/mol. The van der Waals surface area contributed by atoms with Crippen LogP contribution in [0.15, 0.2) is 42.0 Å². The van der Waals surface area contributed by atoms with Crippen LogP contribution in [-0.4, -0.2) is 12.5 Å². The molecular formula is C14H15NO. The van der Waals surface area contributed by atoms with E-state index in [1.165, 1.54) is 0 Å². The molecule has 0 aliphatic heterocycles. The van der Waals surface area contributed by atoms with E-state index in [2.05, 4.69) is 5.92 Å². The second-order valence-corrected chi connectivity index (χ2v) is 3.68. The van der Waals surface area contributed by atoms with Gasteiger partial charge in [0.25, 0.3) is 0 Å². The molecule has 82 valence electrons. The van der Waals surface area contributed by atoms with Crippen LogP contribution >= 0.6 is 0 Å². The summed E-state index contributed by atoms with van der Waals surface area (Å²) in [6.07, 6.45) is 7.13. The Balaban J connectivity index is 2.94. The van der Waals surface area contributed by atoms with Crippen LogP contribution in [0, 0.1) is 12.3 Å². The average Bonchev–Trinajstić information content (AvgIpc) is 2.30. The lowest BCUT2D eigenvalue weighted by atomic mass is 10.2. The lowest BCUT2D eigenvalue weighted by Gasteiger charge is -2.18. The molecule has 0 saturated heterocycles. The summed E-state index contributed by atoms with van der Waals surface area (Å²) in [5, 5.41) is 0. The first-order valence-electron chi connectivity index (χ1n) is 5.11. The van der Waals surface area contributed by atoms with Gasteiger partial charge in [0.1, 0.15) is 0 Å². The van der Waals surface area contributed by atoms with E-state index in [1.54, 1.807) is 4.90 Å². The quantitative estimate of drug-likeness (QED) is 0.558. The number of benzene rings is 1. The van der Waals surface area contributed by atoms with E-state index < -0.39 is 0 Å². The summed E-state index contributed by atoms with van der Waals surface area (Å²) in [5.74, 6) is 1.83. The SMILES string of the molecule is C#CC(=O)N(CC=C(C)C)c1ccccc1. The van der Waals surface area contributed by atoms with Gasteiger partial charge in [-0.25, -0.2) is 0 Å². The first-order chi connectivity index (χ1) is 7.65. The predicted octanol–water partition coefficient (Wildman–Crippen LogP) is 2.62. The van der Waals surface area contributed by atoms with Gasteiger partial charge in [-0.05, 0) is 31.9 Å². The maximum Gasteiger partial charge on any atom is 0.302 e. The number of allylic oxidation sites excluding steroid dienone is 1. The molecule has 0 unspecified atom stereocenters. The Bertz CT molecular complexity index is 422. The minimum Gasteiger partial charge on any atom is -0.298 e. The fourth-order valence-electron chi connectivity index (χ4n) is 1.27. The van der Waals surface area contributed by atoms with Crippen LogP contribution in [0.2, 0.25) is 0 Å². The Morgan fingerprint density at radius 2 is 2.00 bits per heavy atom. The Labute approximate surface area is 96.6 Å². The standard InChI is InChI=1S/C14H15NO/c1-4-14(16)15(11-10-12(2)3)13-8-6-5-7-9-13/h1,5-10H,11H2,2-3H3. The van der Waals surface area contributed by atoms with Gasteiger partial charge in [-0.3, -0.25) is 9.69 Å². The van der Waals surface area contributed by atoms with Crippen LogP contribution in [0.1, 0.15) is 13.8 Å². The number of nitrogens with zero attached hydrogens (tertiary/aromatic N) is 1. The average molecular weight is 213 g/mol. The molecule has 16 heavy (non-hydrogen) atoms. The Hall–Kier alpha value is -2.01. The van der Waals surface area contributed by atoms with Crippen molar-refractivity contribution in [1.29, 1.82) is 0 Å². The number of para-hydroxylation sites is 1. The highest BCUT2D eigenvalue weighted by molar-refractivity contribution is 6.05. The van der Waals surface area contributed by atoms with Crippen LogP contribution in [0.5, 0.6) is 0 Å². The van der Waals surface area contributed by atoms with E-state index in [-0.39, 0.29) is 5.91 Å². The number of carbonyl (C=O) groups excluding carboxylic acids is 1. The monoisotopic (exact) mass is 213 g/mol. The third kappa shape index (κ3) is 3.29. The van der Waals surface area contributed by atoms with Crippen molar-refractivity contribution in [2.75, 3.05) is 11.4 Å². The Morgan fingerprint density at radius 1 is 1.38 bits per heavy atom. The molecule has 1 amide bonds. The van der Waals surface area contributed by atoms with E-state index in [1.807, 2.05) is 50.3 Å². The molecule has 2 heteroatoms. The van der Waals surface area contributed by atoms with Gasteiger partial charge in [-0.1, -0.05) is 29.8 Å². The molecule has 0 saturated carbocycles. The molecule has 0 atom stereocenters. The molecule has 0 aromatic heterocycles. The number of hydrogen-bond donors (Lipinski definition) is 0. The molecule has 1 aromatic rings. The van der Waals surface area contributed by atoms with E-state index in [0.717, 1.165) is 11.3 Å². The van der Waals surface area contributed by atoms with E-state index in [9.17, 15) is 4.79 Å². The van der Waals surface area contributed by atoms with Crippen LogP contribution in [0.4, 0.5) is 5.69 Å². The maximum absolute atomic E-state index is 11.6. The summed E-state index contributed by atoms with van der Waals surface area (Å²) in [5.41, 5.74) is 1.98. The molecule has 1 rings (SSSR count). The lowest BCUT2D eigenvalue weighted by Crippen LogP contribution is -2.29. The highest BCUT2D eigenvalue weighted by atomic mass is 16.2. The van der Waals surface area contributed by atoms with Gasteiger partial charge in [0.05, 0.1) is 0 Å². The van der Waals surface area contributed by atoms with Crippen LogP contribution < -0.4 is 4.90 Å². The normalized spacial score (nSPS) is 9.06. The molecule has 0 aliphatic carbocycles. The zero-order valence-corrected chi connectivity index (χ0v) is 9.60. The van der Waals surface area contributed by atoms with Gasteiger partial charge in [0.15, 0.2) is 0 Å². The third-order valence-electron chi connectivity index (χ3n) is 2.12. The fraction of sp³-hybridized carbons (Fsp3) is 0.214. The van der Waals surface area contributed by atoms with E-state index >= 15 is 0 Å². The topological polar surface area (TPSA) is 20.3 Å². The van der Waals surface area contributed by atoms with Crippen molar-refractivity contribution < 1.29 is 4.79 Å². The van der Waals surface area contributed by atoms with Crippen molar-refractivity contribution in [3.8, 4) is 12.3 Å². The predicted molar refractivity (Wildman–Crippen MR) is 67.1 cm³/mol. The van der Waals surface area contributed by atoms with Gasteiger partial charge >= 0.3 is 5.91 Å². The fourth-order valence-corrected chi connectivity index (χ4v) is 1.27. The number of anilines is 1. The summed E-state index contributed by atoms with van der Waals surface area (Å²) < 4.78 is 0. The zero-order valence-electron chi connectivity index (χ0n) is 9.60. The van der Waals surface area contributed by atoms with Crippen molar-refractivity contribution in [2.24, 2.45) is 0 Å². The molecule has 0 heterocycles. The van der Waals surface area contributed by atoms with Gasteiger partial charge in [0.2, 0.25) is 0 Å². The Kier molecular flexibility index (Phi) is 4.35. The molecule has 0 aliphatic rings. The summed E-state index contributed by atoms with van der Waals surface area (Å²) >= 11 is 0. The molecule has 2 nitrogen and oxygen atoms in total. The van der Waals surface area contributed by atoms with Gasteiger partial charge in [-0.2, -0.15) is 0 Å². The highest BCUT2D eigenvalue weighted by Crippen LogP contribution is 2.13. The van der Waals surface area contributed by atoms with Crippen molar-refractivity contribution in [1.82, 2.24) is 0 Å². The number of amides is 1. The lowest BCUT2D eigenvalue weighted by molar-refractivity contribution is -0.113. The smallest absolute Gasteiger partial charge is 0.298 e.